The molecule has 1 N–H and O–H groups in total. The van der Waals surface area contributed by atoms with Crippen LogP contribution in [0.4, 0.5) is 5.69 Å². The van der Waals surface area contributed by atoms with Crippen molar-refractivity contribution in [3.05, 3.63) is 23.8 Å². The third-order valence-corrected chi connectivity index (χ3v) is 6.32. The van der Waals surface area contributed by atoms with E-state index in [1.165, 1.54) is 20.0 Å². The Balaban J connectivity index is 1.89. The summed E-state index contributed by atoms with van der Waals surface area (Å²) in [5.74, 6) is 1.11. The molecule has 0 unspecified atom stereocenters. The SMILES string of the molecule is COCC(=O)Nc1ccc2c(c1)C(=O)N(C)C[C@H](OC)[C@H](C)CN(CC1CC1)[C@H](C)CO2. The summed E-state index contributed by atoms with van der Waals surface area (Å²) in [6.07, 6.45) is 2.51. The van der Waals surface area contributed by atoms with Gasteiger partial charge >= 0.3 is 0 Å². The molecule has 0 bridgehead atoms. The summed E-state index contributed by atoms with van der Waals surface area (Å²) < 4.78 is 16.8. The van der Waals surface area contributed by atoms with Crippen LogP contribution < -0.4 is 10.1 Å². The predicted octanol–water partition coefficient (Wildman–Crippen LogP) is 2.49. The molecule has 0 spiro atoms. The summed E-state index contributed by atoms with van der Waals surface area (Å²) >= 11 is 0. The number of likely N-dealkylation sites (N-methyl/N-ethyl adjacent to an activating group) is 1. The first-order valence-corrected chi connectivity index (χ1v) is 11.4. The van der Waals surface area contributed by atoms with Gasteiger partial charge in [0.05, 0.1) is 11.7 Å². The van der Waals surface area contributed by atoms with Crippen molar-refractivity contribution in [2.45, 2.75) is 38.8 Å². The van der Waals surface area contributed by atoms with Gasteiger partial charge in [-0.2, -0.15) is 0 Å². The minimum Gasteiger partial charge on any atom is -0.491 e. The number of amides is 2. The van der Waals surface area contributed by atoms with Gasteiger partial charge in [-0.1, -0.05) is 6.92 Å². The summed E-state index contributed by atoms with van der Waals surface area (Å²) in [4.78, 5) is 29.4. The van der Waals surface area contributed by atoms with Gasteiger partial charge in [-0.3, -0.25) is 14.5 Å². The lowest BCUT2D eigenvalue weighted by molar-refractivity contribution is -0.119. The highest BCUT2D eigenvalue weighted by Crippen LogP contribution is 2.31. The normalized spacial score (nSPS) is 25.3. The second-order valence-electron chi connectivity index (χ2n) is 9.19. The zero-order valence-electron chi connectivity index (χ0n) is 19.9. The molecule has 0 saturated heterocycles. The van der Waals surface area contributed by atoms with E-state index >= 15 is 0 Å². The lowest BCUT2D eigenvalue weighted by Gasteiger charge is -2.36. The quantitative estimate of drug-likeness (QED) is 0.722. The van der Waals surface area contributed by atoms with E-state index in [9.17, 15) is 9.59 Å². The van der Waals surface area contributed by atoms with Crippen molar-refractivity contribution < 1.29 is 23.8 Å². The van der Waals surface area contributed by atoms with E-state index in [4.69, 9.17) is 14.2 Å². The molecule has 1 heterocycles. The van der Waals surface area contributed by atoms with Crippen molar-refractivity contribution in [1.82, 2.24) is 9.80 Å². The molecule has 1 aliphatic carbocycles. The topological polar surface area (TPSA) is 80.3 Å². The Morgan fingerprint density at radius 1 is 1.22 bits per heavy atom. The molecule has 8 nitrogen and oxygen atoms in total. The molecule has 1 aromatic carbocycles. The number of nitrogens with one attached hydrogen (secondary N) is 1. The number of rotatable bonds is 6. The molecule has 3 atom stereocenters. The van der Waals surface area contributed by atoms with Crippen LogP contribution in [-0.2, 0) is 14.3 Å². The van der Waals surface area contributed by atoms with Crippen LogP contribution in [0, 0.1) is 11.8 Å². The fraction of sp³-hybridized carbons (Fsp3) is 0.667. The van der Waals surface area contributed by atoms with Gasteiger partial charge in [-0.05, 0) is 49.8 Å². The van der Waals surface area contributed by atoms with Gasteiger partial charge in [-0.15, -0.1) is 0 Å². The molecule has 1 fully saturated rings. The van der Waals surface area contributed by atoms with E-state index in [-0.39, 0.29) is 36.5 Å². The lowest BCUT2D eigenvalue weighted by atomic mass is 10.0. The van der Waals surface area contributed by atoms with E-state index in [2.05, 4.69) is 24.1 Å². The first-order valence-electron chi connectivity index (χ1n) is 11.4. The summed E-state index contributed by atoms with van der Waals surface area (Å²) in [5.41, 5.74) is 0.954. The van der Waals surface area contributed by atoms with Gasteiger partial charge in [-0.25, -0.2) is 0 Å². The highest BCUT2D eigenvalue weighted by molar-refractivity contribution is 5.99. The summed E-state index contributed by atoms with van der Waals surface area (Å²) in [5, 5.41) is 2.76. The minimum absolute atomic E-state index is 0.0524. The fourth-order valence-electron chi connectivity index (χ4n) is 4.14. The number of carbonyl (C=O) groups excluding carboxylic acids is 2. The Bertz CT molecular complexity index is 798. The number of carbonyl (C=O) groups is 2. The van der Waals surface area contributed by atoms with Gasteiger partial charge < -0.3 is 24.4 Å². The van der Waals surface area contributed by atoms with Crippen LogP contribution in [0.2, 0.25) is 0 Å². The van der Waals surface area contributed by atoms with Gasteiger partial charge in [0.25, 0.3) is 5.91 Å². The van der Waals surface area contributed by atoms with E-state index < -0.39 is 0 Å². The van der Waals surface area contributed by atoms with Gasteiger partial charge in [0, 0.05) is 52.6 Å². The lowest BCUT2D eigenvalue weighted by Crippen LogP contribution is -2.47. The maximum Gasteiger partial charge on any atom is 0.257 e. The van der Waals surface area contributed by atoms with Crippen LogP contribution in [0.15, 0.2) is 18.2 Å². The Labute approximate surface area is 191 Å². The number of methoxy groups -OCH3 is 2. The van der Waals surface area contributed by atoms with Crippen LogP contribution in [0.3, 0.4) is 0 Å². The second kappa shape index (κ2) is 11.1. The average Bonchev–Trinajstić information content (AvgIpc) is 3.58. The van der Waals surface area contributed by atoms with E-state index in [0.29, 0.717) is 30.2 Å². The smallest absolute Gasteiger partial charge is 0.257 e. The van der Waals surface area contributed by atoms with E-state index in [0.717, 1.165) is 19.0 Å². The highest BCUT2D eigenvalue weighted by Gasteiger charge is 2.31. The number of ether oxygens (including phenoxy) is 3. The highest BCUT2D eigenvalue weighted by atomic mass is 16.5. The molecule has 1 aliphatic heterocycles. The summed E-state index contributed by atoms with van der Waals surface area (Å²) in [6.45, 7) is 7.23. The molecule has 1 aromatic rings. The molecule has 3 rings (SSSR count). The van der Waals surface area contributed by atoms with Crippen molar-refractivity contribution in [2.75, 3.05) is 59.4 Å². The minimum atomic E-state index is -0.278. The molecule has 178 valence electrons. The van der Waals surface area contributed by atoms with Crippen LogP contribution in [0.5, 0.6) is 5.75 Å². The van der Waals surface area contributed by atoms with Gasteiger partial charge in [0.1, 0.15) is 19.0 Å². The number of nitrogens with zero attached hydrogens (tertiary/aromatic N) is 2. The van der Waals surface area contributed by atoms with E-state index in [1.807, 2.05) is 0 Å². The van der Waals surface area contributed by atoms with Crippen LogP contribution in [-0.4, -0.2) is 87.9 Å². The van der Waals surface area contributed by atoms with Gasteiger partial charge in [0.15, 0.2) is 0 Å². The molecule has 1 saturated carbocycles. The molecule has 2 aliphatic rings. The number of fused-ring (bicyclic) bond motifs is 1. The average molecular weight is 448 g/mol. The van der Waals surface area contributed by atoms with Crippen LogP contribution in [0.1, 0.15) is 37.0 Å². The molecule has 0 aromatic heterocycles. The fourth-order valence-corrected chi connectivity index (χ4v) is 4.14. The molecule has 8 heteroatoms. The maximum atomic E-state index is 13.3. The van der Waals surface area contributed by atoms with Crippen LogP contribution >= 0.6 is 0 Å². The zero-order chi connectivity index (χ0) is 23.3. The Hall–Kier alpha value is -2.16. The number of benzene rings is 1. The predicted molar refractivity (Wildman–Crippen MR) is 123 cm³/mol. The third-order valence-electron chi connectivity index (χ3n) is 6.32. The van der Waals surface area contributed by atoms with Crippen molar-refractivity contribution in [3.63, 3.8) is 0 Å². The van der Waals surface area contributed by atoms with Crippen molar-refractivity contribution in [2.24, 2.45) is 11.8 Å². The number of hydrogen-bond acceptors (Lipinski definition) is 6. The molecule has 2 amide bonds. The second-order valence-corrected chi connectivity index (χ2v) is 9.19. The molecular formula is C24H37N3O5. The molecule has 32 heavy (non-hydrogen) atoms. The van der Waals surface area contributed by atoms with Crippen molar-refractivity contribution in [1.29, 1.82) is 0 Å². The van der Waals surface area contributed by atoms with E-state index in [1.54, 1.807) is 37.3 Å². The van der Waals surface area contributed by atoms with Crippen LogP contribution in [0.25, 0.3) is 0 Å². The number of hydrogen-bond donors (Lipinski definition) is 1. The Kier molecular flexibility index (Phi) is 8.51. The maximum absolute atomic E-state index is 13.3. The van der Waals surface area contributed by atoms with Crippen molar-refractivity contribution in [3.8, 4) is 5.75 Å². The summed E-state index contributed by atoms with van der Waals surface area (Å²) in [6, 6.07) is 5.38. The molecular weight excluding hydrogens is 410 g/mol. The van der Waals surface area contributed by atoms with Gasteiger partial charge in [0.2, 0.25) is 5.91 Å². The largest absolute Gasteiger partial charge is 0.491 e. The monoisotopic (exact) mass is 447 g/mol. The first-order chi connectivity index (χ1) is 15.3. The third kappa shape index (κ3) is 6.43. The first kappa shape index (κ1) is 24.5. The zero-order valence-corrected chi connectivity index (χ0v) is 19.9. The Morgan fingerprint density at radius 2 is 1.97 bits per heavy atom. The number of anilines is 1. The summed E-state index contributed by atoms with van der Waals surface area (Å²) in [7, 11) is 4.95. The van der Waals surface area contributed by atoms with Crippen molar-refractivity contribution >= 4 is 17.5 Å². The molecule has 0 radical (unpaired) electrons. The standard InChI is InChI=1S/C24H37N3O5/c1-16-11-27(12-18-6-7-18)17(2)14-32-21-9-8-19(25-23(28)15-30-4)10-20(21)24(29)26(3)13-22(16)31-5/h8-10,16-18,22H,6-7,11-15H2,1-5H3,(H,25,28)/t16-,17-,22+/m1/s1. The Morgan fingerprint density at radius 3 is 2.62 bits per heavy atom.